The molecule has 0 heteroatoms. The smallest absolute Gasteiger partial charge is 0.0352 e. The number of hydrogen-bond donors (Lipinski definition) is 0. The first-order valence-corrected chi connectivity index (χ1v) is 5.18. The van der Waals surface area contributed by atoms with E-state index in [9.17, 15) is 0 Å². The fraction of sp³-hybridized carbons (Fsp3) is 1.00. The lowest BCUT2D eigenvalue weighted by Crippen LogP contribution is -2.24. The van der Waals surface area contributed by atoms with E-state index in [0.29, 0.717) is 0 Å². The quantitative estimate of drug-likeness (QED) is 0.582. The minimum Gasteiger partial charge on any atom is -0.0628 e. The van der Waals surface area contributed by atoms with Gasteiger partial charge in [0.1, 0.15) is 0 Å². The highest BCUT2D eigenvalue weighted by molar-refractivity contribution is 5.03. The summed E-state index contributed by atoms with van der Waals surface area (Å²) in [5.74, 6) is 5.42. The standard InChI is InChI=1S/C11H20/c1-7(2)4-8(3)10-5-9-6-11(9)10/h7-11H,4-6H2,1-3H3. The van der Waals surface area contributed by atoms with Crippen molar-refractivity contribution in [3.63, 3.8) is 0 Å². The first kappa shape index (κ1) is 7.64. The zero-order valence-corrected chi connectivity index (χ0v) is 8.01. The summed E-state index contributed by atoms with van der Waals surface area (Å²) in [5, 5.41) is 0. The average molecular weight is 152 g/mol. The van der Waals surface area contributed by atoms with Crippen LogP contribution in [0.2, 0.25) is 0 Å². The molecule has 64 valence electrons. The highest BCUT2D eigenvalue weighted by atomic mass is 14.6. The molecular formula is C11H20. The predicted octanol–water partition coefficient (Wildman–Crippen LogP) is 3.32. The molecule has 0 bridgehead atoms. The topological polar surface area (TPSA) is 0 Å². The molecule has 4 atom stereocenters. The van der Waals surface area contributed by atoms with Gasteiger partial charge in [-0.1, -0.05) is 20.8 Å². The molecule has 4 unspecified atom stereocenters. The average Bonchev–Trinajstić information content (AvgIpc) is 2.38. The molecule has 0 N–H and O–H groups in total. The minimum absolute atomic E-state index is 0.905. The molecule has 2 aliphatic carbocycles. The number of rotatable bonds is 3. The third-order valence-corrected chi connectivity index (χ3v) is 3.68. The van der Waals surface area contributed by atoms with Gasteiger partial charge in [-0.3, -0.25) is 0 Å². The lowest BCUT2D eigenvalue weighted by atomic mass is 9.74. The second-order valence-corrected chi connectivity index (χ2v) is 5.17. The van der Waals surface area contributed by atoms with Crippen LogP contribution in [-0.2, 0) is 0 Å². The Morgan fingerprint density at radius 2 is 1.91 bits per heavy atom. The summed E-state index contributed by atoms with van der Waals surface area (Å²) >= 11 is 0. The molecule has 0 amide bonds. The van der Waals surface area contributed by atoms with E-state index in [1.165, 1.54) is 18.3 Å². The molecule has 0 aromatic rings. The van der Waals surface area contributed by atoms with Gasteiger partial charge < -0.3 is 0 Å². The van der Waals surface area contributed by atoms with Crippen LogP contribution in [0.5, 0.6) is 0 Å². The van der Waals surface area contributed by atoms with Crippen molar-refractivity contribution in [2.24, 2.45) is 29.6 Å². The first-order valence-electron chi connectivity index (χ1n) is 5.18. The molecule has 0 radical (unpaired) electrons. The highest BCUT2D eigenvalue weighted by Crippen LogP contribution is 2.62. The lowest BCUT2D eigenvalue weighted by molar-refractivity contribution is 0.177. The van der Waals surface area contributed by atoms with E-state index in [0.717, 1.165) is 17.8 Å². The molecule has 2 aliphatic rings. The maximum Gasteiger partial charge on any atom is -0.0352 e. The second kappa shape index (κ2) is 2.50. The van der Waals surface area contributed by atoms with Crippen molar-refractivity contribution in [3.05, 3.63) is 0 Å². The normalized spacial score (nSPS) is 43.1. The van der Waals surface area contributed by atoms with E-state index in [2.05, 4.69) is 20.8 Å². The second-order valence-electron chi connectivity index (χ2n) is 5.17. The molecule has 11 heavy (non-hydrogen) atoms. The van der Waals surface area contributed by atoms with Crippen molar-refractivity contribution < 1.29 is 0 Å². The van der Waals surface area contributed by atoms with Crippen LogP contribution in [0.4, 0.5) is 0 Å². The van der Waals surface area contributed by atoms with Crippen molar-refractivity contribution in [2.75, 3.05) is 0 Å². The van der Waals surface area contributed by atoms with Crippen LogP contribution < -0.4 is 0 Å². The van der Waals surface area contributed by atoms with Gasteiger partial charge in [-0.25, -0.2) is 0 Å². The van der Waals surface area contributed by atoms with Gasteiger partial charge in [0.2, 0.25) is 0 Å². The van der Waals surface area contributed by atoms with Crippen LogP contribution in [0.25, 0.3) is 0 Å². The first-order chi connectivity index (χ1) is 5.18. The van der Waals surface area contributed by atoms with Gasteiger partial charge in [0, 0.05) is 0 Å². The molecule has 0 aromatic carbocycles. The third kappa shape index (κ3) is 1.32. The minimum atomic E-state index is 0.905. The largest absolute Gasteiger partial charge is 0.0628 e. The van der Waals surface area contributed by atoms with Crippen molar-refractivity contribution in [1.29, 1.82) is 0 Å². The SMILES string of the molecule is CC(C)CC(C)C1CC2CC21. The maximum absolute atomic E-state index is 2.46. The van der Waals surface area contributed by atoms with Gasteiger partial charge in [0.15, 0.2) is 0 Å². The molecule has 0 aromatic heterocycles. The van der Waals surface area contributed by atoms with Crippen LogP contribution in [-0.4, -0.2) is 0 Å². The van der Waals surface area contributed by atoms with Crippen LogP contribution in [0.15, 0.2) is 0 Å². The zero-order valence-electron chi connectivity index (χ0n) is 8.01. The Kier molecular flexibility index (Phi) is 1.74. The van der Waals surface area contributed by atoms with Gasteiger partial charge in [-0.15, -0.1) is 0 Å². The van der Waals surface area contributed by atoms with Crippen molar-refractivity contribution in [2.45, 2.75) is 40.0 Å². The van der Waals surface area contributed by atoms with E-state index in [4.69, 9.17) is 0 Å². The van der Waals surface area contributed by atoms with Crippen molar-refractivity contribution in [3.8, 4) is 0 Å². The van der Waals surface area contributed by atoms with E-state index < -0.39 is 0 Å². The van der Waals surface area contributed by atoms with E-state index in [1.807, 2.05) is 0 Å². The Morgan fingerprint density at radius 1 is 1.18 bits per heavy atom. The van der Waals surface area contributed by atoms with E-state index in [1.54, 1.807) is 12.8 Å². The highest BCUT2D eigenvalue weighted by Gasteiger charge is 2.54. The molecular weight excluding hydrogens is 132 g/mol. The van der Waals surface area contributed by atoms with E-state index in [-0.39, 0.29) is 0 Å². The Balaban J connectivity index is 1.76. The summed E-state index contributed by atoms with van der Waals surface area (Å²) in [6, 6.07) is 0. The zero-order chi connectivity index (χ0) is 8.01. The van der Waals surface area contributed by atoms with Crippen LogP contribution in [0, 0.1) is 29.6 Å². The van der Waals surface area contributed by atoms with Crippen LogP contribution in [0.1, 0.15) is 40.0 Å². The van der Waals surface area contributed by atoms with Gasteiger partial charge >= 0.3 is 0 Å². The molecule has 2 saturated carbocycles. The summed E-state index contributed by atoms with van der Waals surface area (Å²) in [6.07, 6.45) is 4.60. The molecule has 0 spiro atoms. The van der Waals surface area contributed by atoms with Gasteiger partial charge in [0.25, 0.3) is 0 Å². The van der Waals surface area contributed by atoms with Crippen LogP contribution >= 0.6 is 0 Å². The lowest BCUT2D eigenvalue weighted by Gasteiger charge is -2.31. The summed E-state index contributed by atoms with van der Waals surface area (Å²) in [6.45, 7) is 7.15. The van der Waals surface area contributed by atoms with Gasteiger partial charge in [-0.2, -0.15) is 0 Å². The fourth-order valence-corrected chi connectivity index (χ4v) is 2.97. The molecule has 0 nitrogen and oxygen atoms in total. The van der Waals surface area contributed by atoms with Crippen LogP contribution in [0.3, 0.4) is 0 Å². The Morgan fingerprint density at radius 3 is 2.27 bits per heavy atom. The maximum atomic E-state index is 2.46. The van der Waals surface area contributed by atoms with Gasteiger partial charge in [-0.05, 0) is 48.9 Å². The van der Waals surface area contributed by atoms with E-state index >= 15 is 0 Å². The number of fused-ring (bicyclic) bond motifs is 1. The van der Waals surface area contributed by atoms with Crippen molar-refractivity contribution >= 4 is 0 Å². The third-order valence-electron chi connectivity index (χ3n) is 3.68. The monoisotopic (exact) mass is 152 g/mol. The molecule has 2 rings (SSSR count). The van der Waals surface area contributed by atoms with Gasteiger partial charge in [0.05, 0.1) is 0 Å². The summed E-state index contributed by atoms with van der Waals surface area (Å²) in [4.78, 5) is 0. The fourth-order valence-electron chi connectivity index (χ4n) is 2.97. The number of hydrogen-bond acceptors (Lipinski definition) is 0. The summed E-state index contributed by atoms with van der Waals surface area (Å²) in [5.41, 5.74) is 0. The molecule has 0 heterocycles. The Bertz CT molecular complexity index is 148. The molecule has 2 fully saturated rings. The molecule has 0 aliphatic heterocycles. The summed E-state index contributed by atoms with van der Waals surface area (Å²) < 4.78 is 0. The Labute approximate surface area is 70.4 Å². The Hall–Kier alpha value is 0. The predicted molar refractivity (Wildman–Crippen MR) is 48.3 cm³/mol. The summed E-state index contributed by atoms with van der Waals surface area (Å²) in [7, 11) is 0. The molecule has 0 saturated heterocycles. The van der Waals surface area contributed by atoms with Crippen molar-refractivity contribution in [1.82, 2.24) is 0 Å².